The third-order valence-electron chi connectivity index (χ3n) is 2.20. The van der Waals surface area contributed by atoms with Gasteiger partial charge < -0.3 is 4.52 Å². The maximum absolute atomic E-state index is 5.94. The molecule has 0 fully saturated rings. The van der Waals surface area contributed by atoms with Gasteiger partial charge in [0, 0.05) is 10.6 Å². The van der Waals surface area contributed by atoms with Crippen LogP contribution in [0.25, 0.3) is 11.5 Å². The number of aryl methyl sites for hydroxylation is 1. The number of hydrogen-bond donors (Lipinski definition) is 0. The molecular formula is C11H10Cl2N2O. The summed E-state index contributed by atoms with van der Waals surface area (Å²) < 4.78 is 5.12. The summed E-state index contributed by atoms with van der Waals surface area (Å²) in [6.07, 6.45) is 0. The third kappa shape index (κ3) is 2.20. The van der Waals surface area contributed by atoms with Gasteiger partial charge in [-0.05, 0) is 37.6 Å². The topological polar surface area (TPSA) is 38.9 Å². The predicted octanol–water partition coefficient (Wildman–Crippen LogP) is 4.00. The van der Waals surface area contributed by atoms with Crippen LogP contribution in [0.15, 0.2) is 22.7 Å². The number of alkyl halides is 1. The summed E-state index contributed by atoms with van der Waals surface area (Å²) >= 11 is 11.8. The molecule has 0 amide bonds. The number of benzene rings is 1. The van der Waals surface area contributed by atoms with Gasteiger partial charge in [-0.15, -0.1) is 11.6 Å². The van der Waals surface area contributed by atoms with E-state index in [1.807, 2.05) is 19.1 Å². The van der Waals surface area contributed by atoms with E-state index in [0.29, 0.717) is 16.7 Å². The van der Waals surface area contributed by atoms with Crippen LogP contribution in [0.5, 0.6) is 0 Å². The highest BCUT2D eigenvalue weighted by Gasteiger charge is 2.12. The Morgan fingerprint density at radius 3 is 2.69 bits per heavy atom. The Morgan fingerprint density at radius 2 is 2.12 bits per heavy atom. The Balaban J connectivity index is 2.39. The Kier molecular flexibility index (Phi) is 3.17. The molecule has 2 aromatic rings. The van der Waals surface area contributed by atoms with Crippen molar-refractivity contribution < 1.29 is 4.52 Å². The molecule has 0 aliphatic rings. The van der Waals surface area contributed by atoms with Gasteiger partial charge in [0.05, 0.1) is 5.38 Å². The van der Waals surface area contributed by atoms with E-state index in [-0.39, 0.29) is 5.38 Å². The monoisotopic (exact) mass is 256 g/mol. The highest BCUT2D eigenvalue weighted by Crippen LogP contribution is 2.25. The lowest BCUT2D eigenvalue weighted by Gasteiger charge is -1.98. The van der Waals surface area contributed by atoms with Crippen molar-refractivity contribution in [2.24, 2.45) is 0 Å². The minimum absolute atomic E-state index is 0.258. The molecule has 5 heteroatoms. The van der Waals surface area contributed by atoms with E-state index in [0.717, 1.165) is 11.1 Å². The first-order chi connectivity index (χ1) is 7.58. The molecule has 0 bridgehead atoms. The Labute approximate surface area is 103 Å². The van der Waals surface area contributed by atoms with E-state index in [4.69, 9.17) is 27.7 Å². The van der Waals surface area contributed by atoms with Crippen molar-refractivity contribution in [1.29, 1.82) is 0 Å². The zero-order chi connectivity index (χ0) is 11.7. The molecule has 1 aromatic heterocycles. The number of nitrogens with zero attached hydrogens (tertiary/aromatic N) is 2. The van der Waals surface area contributed by atoms with E-state index in [9.17, 15) is 0 Å². The fourth-order valence-electron chi connectivity index (χ4n) is 1.29. The largest absolute Gasteiger partial charge is 0.334 e. The van der Waals surface area contributed by atoms with Crippen LogP contribution in [-0.2, 0) is 0 Å². The van der Waals surface area contributed by atoms with Gasteiger partial charge in [0.2, 0.25) is 0 Å². The van der Waals surface area contributed by atoms with Crippen molar-refractivity contribution >= 4 is 23.2 Å². The number of halogens is 2. The standard InChI is InChI=1S/C11H10Cl2N2O/c1-6-5-8(3-4-9(6)13)11-14-10(7(2)12)15-16-11/h3-5,7H,1-2H3. The molecule has 16 heavy (non-hydrogen) atoms. The van der Waals surface area contributed by atoms with Gasteiger partial charge in [0.15, 0.2) is 5.82 Å². The van der Waals surface area contributed by atoms with E-state index >= 15 is 0 Å². The van der Waals surface area contributed by atoms with Crippen LogP contribution >= 0.6 is 23.2 Å². The quantitative estimate of drug-likeness (QED) is 0.763. The van der Waals surface area contributed by atoms with Gasteiger partial charge in [0.1, 0.15) is 0 Å². The summed E-state index contributed by atoms with van der Waals surface area (Å²) in [6, 6.07) is 5.55. The average Bonchev–Trinajstić information content (AvgIpc) is 2.71. The molecule has 84 valence electrons. The lowest BCUT2D eigenvalue weighted by Crippen LogP contribution is -1.87. The highest BCUT2D eigenvalue weighted by molar-refractivity contribution is 6.31. The van der Waals surface area contributed by atoms with Crippen molar-refractivity contribution in [2.45, 2.75) is 19.2 Å². The number of hydrogen-bond acceptors (Lipinski definition) is 3. The minimum atomic E-state index is -0.258. The van der Waals surface area contributed by atoms with Crippen LogP contribution in [-0.4, -0.2) is 10.1 Å². The summed E-state index contributed by atoms with van der Waals surface area (Å²) in [4.78, 5) is 4.20. The molecule has 0 N–H and O–H groups in total. The van der Waals surface area contributed by atoms with Crippen LogP contribution in [0, 0.1) is 6.92 Å². The molecule has 0 radical (unpaired) electrons. The van der Waals surface area contributed by atoms with E-state index < -0.39 is 0 Å². The fraction of sp³-hybridized carbons (Fsp3) is 0.273. The molecule has 1 heterocycles. The molecule has 0 spiro atoms. The van der Waals surface area contributed by atoms with Gasteiger partial charge in [-0.1, -0.05) is 16.8 Å². The van der Waals surface area contributed by atoms with Crippen LogP contribution < -0.4 is 0 Å². The number of aromatic nitrogens is 2. The first-order valence-corrected chi connectivity index (χ1v) is 5.63. The molecule has 0 saturated carbocycles. The third-order valence-corrected chi connectivity index (χ3v) is 2.82. The normalized spacial score (nSPS) is 12.8. The van der Waals surface area contributed by atoms with Crippen LogP contribution in [0.2, 0.25) is 5.02 Å². The zero-order valence-electron chi connectivity index (χ0n) is 8.87. The van der Waals surface area contributed by atoms with Gasteiger partial charge in [-0.2, -0.15) is 4.98 Å². The molecule has 1 atom stereocenters. The number of rotatable bonds is 2. The lowest BCUT2D eigenvalue weighted by atomic mass is 10.1. The predicted molar refractivity (Wildman–Crippen MR) is 63.7 cm³/mol. The second-order valence-corrected chi connectivity index (χ2v) is 4.60. The smallest absolute Gasteiger partial charge is 0.257 e. The summed E-state index contributed by atoms with van der Waals surface area (Å²) in [5, 5.41) is 4.25. The molecule has 3 nitrogen and oxygen atoms in total. The van der Waals surface area contributed by atoms with E-state index in [2.05, 4.69) is 10.1 Å². The zero-order valence-corrected chi connectivity index (χ0v) is 10.4. The maximum atomic E-state index is 5.94. The Bertz CT molecular complexity index is 508. The highest BCUT2D eigenvalue weighted by atomic mass is 35.5. The summed E-state index contributed by atoms with van der Waals surface area (Å²) in [6.45, 7) is 3.72. The summed E-state index contributed by atoms with van der Waals surface area (Å²) in [5.74, 6) is 0.950. The Hall–Kier alpha value is -1.06. The Morgan fingerprint density at radius 1 is 1.38 bits per heavy atom. The van der Waals surface area contributed by atoms with Crippen LogP contribution in [0.3, 0.4) is 0 Å². The molecule has 0 aliphatic heterocycles. The van der Waals surface area contributed by atoms with Gasteiger partial charge in [0.25, 0.3) is 5.89 Å². The van der Waals surface area contributed by atoms with Crippen molar-refractivity contribution in [3.05, 3.63) is 34.6 Å². The van der Waals surface area contributed by atoms with Crippen LogP contribution in [0.4, 0.5) is 0 Å². The van der Waals surface area contributed by atoms with Crippen molar-refractivity contribution in [3.8, 4) is 11.5 Å². The second-order valence-electron chi connectivity index (χ2n) is 3.54. The minimum Gasteiger partial charge on any atom is -0.334 e. The first kappa shape index (κ1) is 11.4. The average molecular weight is 257 g/mol. The van der Waals surface area contributed by atoms with Crippen molar-refractivity contribution in [1.82, 2.24) is 10.1 Å². The van der Waals surface area contributed by atoms with Crippen molar-refractivity contribution in [3.63, 3.8) is 0 Å². The lowest BCUT2D eigenvalue weighted by molar-refractivity contribution is 0.422. The maximum Gasteiger partial charge on any atom is 0.257 e. The molecule has 0 aliphatic carbocycles. The summed E-state index contributed by atoms with van der Waals surface area (Å²) in [5.41, 5.74) is 1.82. The molecule has 0 saturated heterocycles. The van der Waals surface area contributed by atoms with E-state index in [1.54, 1.807) is 13.0 Å². The molecule has 1 unspecified atom stereocenters. The van der Waals surface area contributed by atoms with E-state index in [1.165, 1.54) is 0 Å². The van der Waals surface area contributed by atoms with Gasteiger partial charge >= 0.3 is 0 Å². The van der Waals surface area contributed by atoms with Gasteiger partial charge in [-0.25, -0.2) is 0 Å². The molecular weight excluding hydrogens is 247 g/mol. The van der Waals surface area contributed by atoms with Crippen LogP contribution in [0.1, 0.15) is 23.7 Å². The molecule has 1 aromatic carbocycles. The van der Waals surface area contributed by atoms with Crippen molar-refractivity contribution in [2.75, 3.05) is 0 Å². The first-order valence-electron chi connectivity index (χ1n) is 4.82. The fourth-order valence-corrected chi connectivity index (χ4v) is 1.50. The second kappa shape index (κ2) is 4.44. The SMILES string of the molecule is Cc1cc(-c2nc(C(C)Cl)no2)ccc1Cl. The summed E-state index contributed by atoms with van der Waals surface area (Å²) in [7, 11) is 0. The van der Waals surface area contributed by atoms with Gasteiger partial charge in [-0.3, -0.25) is 0 Å². The molecule has 2 rings (SSSR count).